The number of carbonyl (C=O) groups excluding carboxylic acids is 3. The first kappa shape index (κ1) is 36.2. The minimum absolute atomic E-state index is 0.0134. The van der Waals surface area contributed by atoms with Gasteiger partial charge in [0, 0.05) is 0 Å². The predicted octanol–water partition coefficient (Wildman–Crippen LogP) is 0.161. The van der Waals surface area contributed by atoms with Gasteiger partial charge in [0.2, 0.25) is 0 Å². The summed E-state index contributed by atoms with van der Waals surface area (Å²) in [6.45, 7) is 7.33. The summed E-state index contributed by atoms with van der Waals surface area (Å²) in [5, 5.41) is 5.42. The molecule has 2 unspecified atom stereocenters. The Morgan fingerprint density at radius 3 is 2.41 bits per heavy atom. The van der Waals surface area contributed by atoms with E-state index in [1.165, 1.54) is 12.3 Å². The Balaban J connectivity index is 1.98. The number of halogens is 3. The van der Waals surface area contributed by atoms with E-state index in [4.69, 9.17) is 10.5 Å². The molecule has 0 aliphatic carbocycles. The van der Waals surface area contributed by atoms with Crippen molar-refractivity contribution in [2.75, 3.05) is 30.0 Å². The molecule has 0 spiro atoms. The number of aryl methyl sites for hydroxylation is 2. The van der Waals surface area contributed by atoms with E-state index in [2.05, 4.69) is 26.8 Å². The Labute approximate surface area is 278 Å². The van der Waals surface area contributed by atoms with E-state index in [1.54, 1.807) is 25.9 Å². The van der Waals surface area contributed by atoms with Crippen LogP contribution in [0.25, 0.3) is 16.7 Å². The second-order valence-corrected chi connectivity index (χ2v) is 13.7. The van der Waals surface area contributed by atoms with Crippen molar-refractivity contribution in [1.29, 1.82) is 0 Å². The summed E-state index contributed by atoms with van der Waals surface area (Å²) in [6, 6.07) is 6.81. The van der Waals surface area contributed by atoms with Crippen LogP contribution in [0.15, 0.2) is 42.7 Å². The van der Waals surface area contributed by atoms with Gasteiger partial charge in [-0.2, -0.15) is 0 Å². The first-order valence-corrected chi connectivity index (χ1v) is 17.4. The number of alkyl halides is 2. The molecular formula is C33H39F2IN6O4. The first-order valence-electron chi connectivity index (χ1n) is 14.7. The van der Waals surface area contributed by atoms with Crippen LogP contribution in [0.3, 0.4) is 0 Å². The van der Waals surface area contributed by atoms with Crippen LogP contribution in [0.1, 0.15) is 55.2 Å². The maximum absolute atomic E-state index is 15.5. The van der Waals surface area contributed by atoms with Crippen LogP contribution in [0.5, 0.6) is 0 Å². The van der Waals surface area contributed by atoms with Gasteiger partial charge in [-0.05, 0) is 0 Å². The van der Waals surface area contributed by atoms with Gasteiger partial charge in [-0.3, -0.25) is 0 Å². The summed E-state index contributed by atoms with van der Waals surface area (Å²) in [6.07, 6.45) is 5.59. The number of nitrogens with two attached hydrogens (primary N) is 1. The summed E-state index contributed by atoms with van der Waals surface area (Å²) in [5.41, 5.74) is 8.85. The SMILES string of the molecule is CCC[I-]C(NC(=O)/C(=C/N)c1ncc(N(C)C)c#[n+]1)C(=O)NC(CC(=O)OCC)c1cc(-c2c(C)cccc2C)cc(F)c1F. The Morgan fingerprint density at radius 1 is 1.15 bits per heavy atom. The molecule has 0 saturated carbocycles. The van der Waals surface area contributed by atoms with Crippen molar-refractivity contribution in [2.45, 2.75) is 50.6 Å². The quantitative estimate of drug-likeness (QED) is 0.0698. The van der Waals surface area contributed by atoms with E-state index in [0.29, 0.717) is 21.2 Å². The number of esters is 1. The summed E-state index contributed by atoms with van der Waals surface area (Å²) >= 11 is -0.978. The van der Waals surface area contributed by atoms with Crippen molar-refractivity contribution >= 4 is 29.0 Å². The second kappa shape index (κ2) is 16.8. The van der Waals surface area contributed by atoms with E-state index < -0.39 is 67.1 Å². The zero-order valence-corrected chi connectivity index (χ0v) is 28.9. The molecule has 0 saturated heterocycles. The number of rotatable bonds is 14. The average Bonchev–Trinajstić information content (AvgIpc) is 3.01. The van der Waals surface area contributed by atoms with Crippen LogP contribution in [0, 0.1) is 31.7 Å². The van der Waals surface area contributed by atoms with Gasteiger partial charge in [0.05, 0.1) is 0 Å². The van der Waals surface area contributed by atoms with Crippen molar-refractivity contribution < 1.29 is 54.1 Å². The molecule has 0 bridgehead atoms. The molecule has 0 fully saturated rings. The maximum atomic E-state index is 15.5. The molecule has 3 rings (SSSR count). The fourth-order valence-corrected chi connectivity index (χ4v) is 6.95. The molecule has 1 heterocycles. The number of aromatic nitrogens is 2. The van der Waals surface area contributed by atoms with Crippen LogP contribution in [-0.2, 0) is 19.1 Å². The van der Waals surface area contributed by atoms with Crippen LogP contribution >= 0.6 is 0 Å². The molecule has 2 amide bonds. The van der Waals surface area contributed by atoms with E-state index in [9.17, 15) is 14.4 Å². The number of carbonyl (C=O) groups is 3. The number of anilines is 1. The number of benzene rings is 2. The third kappa shape index (κ3) is 9.12. The van der Waals surface area contributed by atoms with Crippen LogP contribution in [0.2, 0.25) is 0 Å². The van der Waals surface area contributed by atoms with E-state index in [1.807, 2.05) is 39.0 Å². The van der Waals surface area contributed by atoms with Crippen molar-refractivity contribution in [3.05, 3.63) is 83.1 Å². The zero-order chi connectivity index (χ0) is 34.0. The monoisotopic (exact) mass is 748 g/mol. The number of amides is 2. The summed E-state index contributed by atoms with van der Waals surface area (Å²) in [4.78, 5) is 49.8. The molecule has 0 aliphatic rings. The third-order valence-electron chi connectivity index (χ3n) is 6.85. The number of nitrogens with one attached hydrogen (secondary N) is 2. The molecule has 3 aromatic rings. The summed E-state index contributed by atoms with van der Waals surface area (Å²) < 4.78 is 35.4. The molecule has 13 heteroatoms. The number of ether oxygens (including phenoxy) is 1. The predicted molar refractivity (Wildman–Crippen MR) is 166 cm³/mol. The molecule has 1 aromatic heterocycles. The second-order valence-electron chi connectivity index (χ2n) is 10.5. The standard InChI is InChI=1S/C33H38F2IN6O4/c1-7-12-36-30(41-32(44)24(16-37)31-38-17-22(18-39-31)42(5)6)33(45)40-26(15-27(43)46-8-2)23-13-21(14-25(34)29(23)35)28-19(3)10-9-11-20(28)4/h9-11,13-14,16-17,26,30,37H,7-8,12,15H2,1-6H3,(H2,40,41,44,45)/q-1/p+1. The van der Waals surface area contributed by atoms with Crippen LogP contribution in [0.4, 0.5) is 14.5 Å². The van der Waals surface area contributed by atoms with Gasteiger partial charge in [0.1, 0.15) is 0 Å². The number of hydrogen-bond acceptors (Lipinski definition) is 7. The van der Waals surface area contributed by atoms with Gasteiger partial charge in [-0.15, -0.1) is 0 Å². The third-order valence-corrected chi connectivity index (χ3v) is 10.3. The van der Waals surface area contributed by atoms with E-state index >= 15 is 8.78 Å². The van der Waals surface area contributed by atoms with Crippen molar-refractivity contribution in [1.82, 2.24) is 15.6 Å². The van der Waals surface area contributed by atoms with Crippen molar-refractivity contribution in [2.24, 2.45) is 5.73 Å². The fraction of sp³-hybridized carbons (Fsp3) is 0.364. The topological polar surface area (TPSA) is 141 Å². The van der Waals surface area contributed by atoms with Crippen LogP contribution < -0.4 is 47.5 Å². The Hall–Kier alpha value is -4.32. The molecule has 0 radical (unpaired) electrons. The molecule has 10 nitrogen and oxygen atoms in total. The first-order chi connectivity index (χ1) is 21.9. The number of hydrogen-bond donors (Lipinski definition) is 3. The average molecular weight is 749 g/mol. The zero-order valence-electron chi connectivity index (χ0n) is 26.7. The fourth-order valence-electron chi connectivity index (χ4n) is 4.62. The molecular weight excluding hydrogens is 709 g/mol. The summed E-state index contributed by atoms with van der Waals surface area (Å²) in [5.74, 6) is -4.38. The Bertz CT molecular complexity index is 1560. The van der Waals surface area contributed by atoms with Gasteiger partial charge >= 0.3 is 279 Å². The van der Waals surface area contributed by atoms with Gasteiger partial charge < -0.3 is 0 Å². The van der Waals surface area contributed by atoms with E-state index in [0.717, 1.165) is 29.8 Å². The van der Waals surface area contributed by atoms with Gasteiger partial charge in [0.25, 0.3) is 0 Å². The van der Waals surface area contributed by atoms with Crippen molar-refractivity contribution in [3.8, 4) is 11.1 Å². The Morgan fingerprint density at radius 2 is 1.85 bits per heavy atom. The molecule has 2 atom stereocenters. The van der Waals surface area contributed by atoms with Crippen molar-refractivity contribution in [3.63, 3.8) is 0 Å². The molecule has 46 heavy (non-hydrogen) atoms. The number of nitrogens with zero attached hydrogens (tertiary/aromatic N) is 3. The minimum atomic E-state index is -1.30. The van der Waals surface area contributed by atoms with Gasteiger partial charge in [-0.25, -0.2) is 0 Å². The van der Waals surface area contributed by atoms with Gasteiger partial charge in [0.15, 0.2) is 0 Å². The Kier molecular flexibility index (Phi) is 13.2. The molecule has 4 N–H and O–H groups in total. The van der Waals surface area contributed by atoms with Crippen LogP contribution in [-0.4, -0.2) is 51.9 Å². The van der Waals surface area contributed by atoms with E-state index in [-0.39, 0.29) is 23.6 Å². The molecule has 2 aromatic carbocycles. The summed E-state index contributed by atoms with van der Waals surface area (Å²) in [7, 11) is 3.58. The molecule has 246 valence electrons. The normalized spacial score (nSPS) is 12.6. The molecule has 0 aliphatic heterocycles. The van der Waals surface area contributed by atoms with Gasteiger partial charge in [-0.1, -0.05) is 0 Å².